The molecule has 190 valence electrons. The Morgan fingerprint density at radius 2 is 1.69 bits per heavy atom. The highest BCUT2D eigenvalue weighted by Gasteiger charge is 2.24. The molecule has 2 aromatic carbocycles. The van der Waals surface area contributed by atoms with Crippen molar-refractivity contribution in [1.29, 1.82) is 0 Å². The number of ether oxygens (including phenoxy) is 2. The fraction of sp³-hybridized carbons (Fsp3) is 0.464. The maximum atomic E-state index is 14.5. The first-order valence-electron chi connectivity index (χ1n) is 12.1. The van der Waals surface area contributed by atoms with E-state index in [4.69, 9.17) is 14.6 Å². The number of aliphatic hydroxyl groups is 1. The molecule has 0 aliphatic rings. The van der Waals surface area contributed by atoms with Crippen molar-refractivity contribution in [2.45, 2.75) is 59.8 Å². The highest BCUT2D eigenvalue weighted by molar-refractivity contribution is 5.43. The van der Waals surface area contributed by atoms with Gasteiger partial charge in [-0.1, -0.05) is 44.2 Å². The van der Waals surface area contributed by atoms with E-state index in [2.05, 4.69) is 18.7 Å². The third-order valence-corrected chi connectivity index (χ3v) is 5.36. The Hall–Kier alpha value is -2.74. The second-order valence-electron chi connectivity index (χ2n) is 10.3. The highest BCUT2D eigenvalue weighted by atomic mass is 19.1. The maximum absolute atomic E-state index is 14.5. The number of nitrogens with zero attached hydrogens (tertiary/aromatic N) is 3. The molecule has 0 amide bonds. The SMILES string of the molecule is Cc1nn(-c2ccccc2)c(Oc2ccccc2F)c1CN(CC(C)C)C[C@@H](O)COC(C)(C)C. The van der Waals surface area contributed by atoms with Crippen molar-refractivity contribution in [3.8, 4) is 17.3 Å². The van der Waals surface area contributed by atoms with Gasteiger partial charge in [0.15, 0.2) is 11.6 Å². The zero-order chi connectivity index (χ0) is 25.6. The molecule has 1 heterocycles. The lowest BCUT2D eigenvalue weighted by Crippen LogP contribution is -2.38. The van der Waals surface area contributed by atoms with E-state index in [0.29, 0.717) is 24.9 Å². The van der Waals surface area contributed by atoms with Crippen molar-refractivity contribution in [2.24, 2.45) is 5.92 Å². The predicted octanol–water partition coefficient (Wildman–Crippen LogP) is 5.75. The summed E-state index contributed by atoms with van der Waals surface area (Å²) >= 11 is 0. The summed E-state index contributed by atoms with van der Waals surface area (Å²) in [7, 11) is 0. The topological polar surface area (TPSA) is 59.8 Å². The average Bonchev–Trinajstić information content (AvgIpc) is 3.08. The third kappa shape index (κ3) is 7.88. The molecule has 7 heteroatoms. The lowest BCUT2D eigenvalue weighted by atomic mass is 10.1. The van der Waals surface area contributed by atoms with Crippen molar-refractivity contribution < 1.29 is 19.0 Å². The molecule has 1 aromatic heterocycles. The van der Waals surface area contributed by atoms with Crippen LogP contribution in [0.15, 0.2) is 54.6 Å². The first-order chi connectivity index (χ1) is 16.5. The lowest BCUT2D eigenvalue weighted by Gasteiger charge is -2.28. The number of aryl methyl sites for hydroxylation is 1. The minimum absolute atomic E-state index is 0.139. The van der Waals surface area contributed by atoms with Crippen LogP contribution >= 0.6 is 0 Å². The Balaban J connectivity index is 1.94. The standard InChI is InChI=1S/C28H38FN3O3/c1-20(2)16-31(17-23(33)19-34-28(4,5)6)18-24-21(3)30-32(22-12-8-7-9-13-22)27(24)35-26-15-11-10-14-25(26)29/h7-15,20,23,33H,16-19H2,1-6H3/t23-/m1/s1. The minimum atomic E-state index is -0.645. The molecule has 6 nitrogen and oxygen atoms in total. The Kier molecular flexibility index (Phi) is 9.05. The largest absolute Gasteiger partial charge is 0.435 e. The van der Waals surface area contributed by atoms with Crippen molar-refractivity contribution in [3.63, 3.8) is 0 Å². The van der Waals surface area contributed by atoms with Crippen LogP contribution in [-0.4, -0.2) is 51.2 Å². The average molecular weight is 484 g/mol. The molecular formula is C28H38FN3O3. The number of hydrogen-bond acceptors (Lipinski definition) is 5. The molecule has 0 fully saturated rings. The summed E-state index contributed by atoms with van der Waals surface area (Å²) < 4.78 is 28.2. The van der Waals surface area contributed by atoms with Crippen molar-refractivity contribution in [2.75, 3.05) is 19.7 Å². The van der Waals surface area contributed by atoms with Gasteiger partial charge in [0.25, 0.3) is 0 Å². The van der Waals surface area contributed by atoms with E-state index in [9.17, 15) is 9.50 Å². The Bertz CT molecular complexity index is 1080. The van der Waals surface area contributed by atoms with Gasteiger partial charge in [0, 0.05) is 19.6 Å². The van der Waals surface area contributed by atoms with Gasteiger partial charge >= 0.3 is 0 Å². The first kappa shape index (κ1) is 26.9. The van der Waals surface area contributed by atoms with E-state index in [0.717, 1.165) is 23.5 Å². The number of aliphatic hydroxyl groups excluding tert-OH is 1. The van der Waals surface area contributed by atoms with Crippen LogP contribution in [0.4, 0.5) is 4.39 Å². The van der Waals surface area contributed by atoms with Crippen LogP contribution in [0.5, 0.6) is 11.6 Å². The Morgan fingerprint density at radius 1 is 1.03 bits per heavy atom. The van der Waals surface area contributed by atoms with Gasteiger partial charge in [-0.15, -0.1) is 0 Å². The van der Waals surface area contributed by atoms with Crippen LogP contribution in [0, 0.1) is 18.7 Å². The smallest absolute Gasteiger partial charge is 0.227 e. The number of aromatic nitrogens is 2. The maximum Gasteiger partial charge on any atom is 0.227 e. The third-order valence-electron chi connectivity index (χ3n) is 5.36. The summed E-state index contributed by atoms with van der Waals surface area (Å²) in [5.74, 6) is 0.546. The Morgan fingerprint density at radius 3 is 2.31 bits per heavy atom. The number of para-hydroxylation sites is 2. The van der Waals surface area contributed by atoms with Crippen molar-refractivity contribution in [3.05, 3.63) is 71.7 Å². The summed E-state index contributed by atoms with van der Waals surface area (Å²) in [6, 6.07) is 16.0. The molecule has 0 unspecified atom stereocenters. The molecule has 0 radical (unpaired) electrons. The second kappa shape index (κ2) is 11.8. The molecule has 0 bridgehead atoms. The number of halogens is 1. The predicted molar refractivity (Wildman–Crippen MR) is 137 cm³/mol. The van der Waals surface area contributed by atoms with Crippen LogP contribution in [0.25, 0.3) is 5.69 Å². The fourth-order valence-electron chi connectivity index (χ4n) is 3.84. The molecule has 3 rings (SSSR count). The molecule has 1 N–H and O–H groups in total. The molecule has 0 aliphatic carbocycles. The molecule has 0 spiro atoms. The summed E-state index contributed by atoms with van der Waals surface area (Å²) in [6.07, 6.45) is -0.645. The quantitative estimate of drug-likeness (QED) is 0.377. The summed E-state index contributed by atoms with van der Waals surface area (Å²) in [5, 5.41) is 15.4. The zero-order valence-electron chi connectivity index (χ0n) is 21.7. The second-order valence-corrected chi connectivity index (χ2v) is 10.3. The molecule has 3 aromatic rings. The van der Waals surface area contributed by atoms with Crippen LogP contribution < -0.4 is 4.74 Å². The molecule has 35 heavy (non-hydrogen) atoms. The summed E-state index contributed by atoms with van der Waals surface area (Å²) in [6.45, 7) is 14.1. The van der Waals surface area contributed by atoms with E-state index >= 15 is 0 Å². The van der Waals surface area contributed by atoms with E-state index in [1.165, 1.54) is 6.07 Å². The fourth-order valence-corrected chi connectivity index (χ4v) is 3.84. The van der Waals surface area contributed by atoms with E-state index in [1.54, 1.807) is 22.9 Å². The number of benzene rings is 2. The Labute approximate surface area is 208 Å². The molecular weight excluding hydrogens is 445 g/mol. The summed E-state index contributed by atoms with van der Waals surface area (Å²) in [5.41, 5.74) is 2.14. The zero-order valence-corrected chi connectivity index (χ0v) is 21.7. The van der Waals surface area contributed by atoms with Gasteiger partial charge in [-0.2, -0.15) is 5.10 Å². The normalized spacial score (nSPS) is 13.0. The van der Waals surface area contributed by atoms with E-state index < -0.39 is 11.9 Å². The van der Waals surface area contributed by atoms with Gasteiger partial charge in [0.2, 0.25) is 5.88 Å². The van der Waals surface area contributed by atoms with Crippen molar-refractivity contribution >= 4 is 0 Å². The van der Waals surface area contributed by atoms with Gasteiger partial charge < -0.3 is 14.6 Å². The van der Waals surface area contributed by atoms with Crippen molar-refractivity contribution in [1.82, 2.24) is 14.7 Å². The van der Waals surface area contributed by atoms with Gasteiger partial charge in [-0.25, -0.2) is 9.07 Å². The van der Waals surface area contributed by atoms with Gasteiger partial charge in [-0.3, -0.25) is 4.90 Å². The van der Waals surface area contributed by atoms with E-state index in [-0.39, 0.29) is 18.0 Å². The molecule has 1 atom stereocenters. The number of hydrogen-bond donors (Lipinski definition) is 1. The number of rotatable bonds is 11. The first-order valence-corrected chi connectivity index (χ1v) is 12.1. The van der Waals surface area contributed by atoms with Crippen LogP contribution in [0.2, 0.25) is 0 Å². The van der Waals surface area contributed by atoms with Crippen LogP contribution in [0.3, 0.4) is 0 Å². The van der Waals surface area contributed by atoms with Crippen LogP contribution in [-0.2, 0) is 11.3 Å². The van der Waals surface area contributed by atoms with E-state index in [1.807, 2.05) is 58.0 Å². The molecule has 0 aliphatic heterocycles. The summed E-state index contributed by atoms with van der Waals surface area (Å²) in [4.78, 5) is 2.18. The molecule has 0 saturated heterocycles. The minimum Gasteiger partial charge on any atom is -0.435 e. The van der Waals surface area contributed by atoms with Gasteiger partial charge in [0.05, 0.1) is 35.3 Å². The highest BCUT2D eigenvalue weighted by Crippen LogP contribution is 2.33. The monoisotopic (exact) mass is 483 g/mol. The molecule has 0 saturated carbocycles. The van der Waals surface area contributed by atoms with Crippen LogP contribution in [0.1, 0.15) is 45.9 Å². The van der Waals surface area contributed by atoms with Gasteiger partial charge in [-0.05, 0) is 57.9 Å². The lowest BCUT2D eigenvalue weighted by molar-refractivity contribution is -0.0573. The van der Waals surface area contributed by atoms with Gasteiger partial charge in [0.1, 0.15) is 0 Å².